The standard InChI is InChI=1S/C19H28N4O4.C2H6.HI.4H2/c1-3-13(2)16(24)11-22-19(27)15(9-14-7-5-4-6-8-14)23-18(26)12-21-17(25)10-20;1-2;;;;;/h4-8,13,15H,3,9-12,20H2,1-2H3,(H,21,25)(H,22,27)(H,23,26);1-2H3;5*1H. The fourth-order valence-corrected chi connectivity index (χ4v) is 2.25. The molecule has 0 aromatic heterocycles. The van der Waals surface area contributed by atoms with Gasteiger partial charge in [-0.3, -0.25) is 19.2 Å². The van der Waals surface area contributed by atoms with E-state index in [-0.39, 0.29) is 67.4 Å². The molecular weight excluding hydrogens is 499 g/mol. The van der Waals surface area contributed by atoms with Crippen molar-refractivity contribution in [2.45, 2.75) is 46.6 Å². The second-order valence-electron chi connectivity index (χ2n) is 6.28. The smallest absolute Gasteiger partial charge is 0.243 e. The van der Waals surface area contributed by atoms with Gasteiger partial charge in [0.25, 0.3) is 0 Å². The van der Waals surface area contributed by atoms with Crippen molar-refractivity contribution >= 4 is 47.5 Å². The summed E-state index contributed by atoms with van der Waals surface area (Å²) in [5.74, 6) is -1.63. The highest BCUT2D eigenvalue weighted by molar-refractivity contribution is 14.0. The Morgan fingerprint density at radius 1 is 1.00 bits per heavy atom. The fraction of sp³-hybridized carbons (Fsp3) is 0.524. The molecule has 0 saturated heterocycles. The van der Waals surface area contributed by atoms with Gasteiger partial charge < -0.3 is 21.7 Å². The molecule has 3 amide bonds. The van der Waals surface area contributed by atoms with Crippen LogP contribution in [0, 0.1) is 5.92 Å². The van der Waals surface area contributed by atoms with Crippen molar-refractivity contribution < 1.29 is 24.9 Å². The predicted molar refractivity (Wildman–Crippen MR) is 137 cm³/mol. The Balaban J connectivity index is -0.000000272. The quantitative estimate of drug-likeness (QED) is 0.319. The van der Waals surface area contributed by atoms with E-state index in [0.29, 0.717) is 6.42 Å². The van der Waals surface area contributed by atoms with Crippen LogP contribution in [-0.4, -0.2) is 49.2 Å². The number of hydrogen-bond acceptors (Lipinski definition) is 5. The third-order valence-electron chi connectivity index (χ3n) is 4.16. The zero-order chi connectivity index (χ0) is 22.2. The first-order chi connectivity index (χ1) is 13.9. The summed E-state index contributed by atoms with van der Waals surface area (Å²) in [6.45, 7) is 7.12. The van der Waals surface area contributed by atoms with E-state index in [1.165, 1.54) is 0 Å². The van der Waals surface area contributed by atoms with E-state index in [4.69, 9.17) is 5.73 Å². The summed E-state index contributed by atoms with van der Waals surface area (Å²) in [5, 5.41) is 7.53. The second-order valence-corrected chi connectivity index (χ2v) is 6.28. The maximum atomic E-state index is 12.5. The molecule has 1 aromatic rings. The predicted octanol–water partition coefficient (Wildman–Crippen LogP) is 2.15. The summed E-state index contributed by atoms with van der Waals surface area (Å²) in [7, 11) is 0. The average molecular weight is 543 g/mol. The van der Waals surface area contributed by atoms with Gasteiger partial charge in [-0.15, -0.1) is 24.0 Å². The molecule has 0 heterocycles. The highest BCUT2D eigenvalue weighted by Crippen LogP contribution is 2.05. The van der Waals surface area contributed by atoms with Crippen LogP contribution in [0.5, 0.6) is 0 Å². The van der Waals surface area contributed by atoms with Crippen molar-refractivity contribution in [2.24, 2.45) is 11.7 Å². The first kappa shape index (κ1) is 30.2. The van der Waals surface area contributed by atoms with E-state index in [9.17, 15) is 19.2 Å². The minimum absolute atomic E-state index is 0. The summed E-state index contributed by atoms with van der Waals surface area (Å²) in [5.41, 5.74) is 6.03. The third-order valence-corrected chi connectivity index (χ3v) is 4.16. The van der Waals surface area contributed by atoms with Crippen molar-refractivity contribution in [2.75, 3.05) is 19.6 Å². The lowest BCUT2D eigenvalue weighted by Crippen LogP contribution is -2.51. The summed E-state index contributed by atoms with van der Waals surface area (Å²) >= 11 is 0. The van der Waals surface area contributed by atoms with Crippen LogP contribution in [0.3, 0.4) is 0 Å². The molecule has 0 saturated carbocycles. The number of carbonyl (C=O) groups excluding carboxylic acids is 4. The number of nitrogens with two attached hydrogens (primary N) is 1. The van der Waals surface area contributed by atoms with Crippen LogP contribution in [0.1, 0.15) is 45.4 Å². The molecule has 0 aliphatic carbocycles. The topological polar surface area (TPSA) is 130 Å². The lowest BCUT2D eigenvalue weighted by molar-refractivity contribution is -0.131. The molecule has 0 bridgehead atoms. The SMILES string of the molecule is CC.CCC(C)C(=O)CNC(=O)C(Cc1ccccc1)NC(=O)CNC(=O)CN.I.[HH].[HH].[HH].[HH]. The highest BCUT2D eigenvalue weighted by atomic mass is 127. The minimum Gasteiger partial charge on any atom is -0.347 e. The molecule has 9 heteroatoms. The van der Waals surface area contributed by atoms with Gasteiger partial charge in [-0.25, -0.2) is 0 Å². The monoisotopic (exact) mass is 542 g/mol. The molecule has 178 valence electrons. The van der Waals surface area contributed by atoms with Gasteiger partial charge in [0.2, 0.25) is 17.7 Å². The van der Waals surface area contributed by atoms with Gasteiger partial charge in [0.1, 0.15) is 6.04 Å². The molecule has 2 unspecified atom stereocenters. The summed E-state index contributed by atoms with van der Waals surface area (Å²) in [6, 6.07) is 8.34. The number of halogens is 1. The minimum atomic E-state index is -0.862. The molecule has 1 aromatic carbocycles. The number of benzene rings is 1. The number of rotatable bonds is 11. The third kappa shape index (κ3) is 12.5. The van der Waals surface area contributed by atoms with Crippen LogP contribution >= 0.6 is 24.0 Å². The first-order valence-corrected chi connectivity index (χ1v) is 9.97. The van der Waals surface area contributed by atoms with Gasteiger partial charge in [-0.05, 0) is 12.0 Å². The van der Waals surface area contributed by atoms with E-state index in [0.717, 1.165) is 5.56 Å². The molecule has 0 spiro atoms. The Bertz CT molecular complexity index is 673. The van der Waals surface area contributed by atoms with Gasteiger partial charge >= 0.3 is 0 Å². The normalized spacial score (nSPS) is 11.5. The van der Waals surface area contributed by atoms with Crippen LogP contribution in [0.2, 0.25) is 0 Å². The van der Waals surface area contributed by atoms with Crippen molar-refractivity contribution in [1.29, 1.82) is 0 Å². The van der Waals surface area contributed by atoms with Crippen molar-refractivity contribution in [3.8, 4) is 0 Å². The Labute approximate surface area is 202 Å². The summed E-state index contributed by atoms with van der Waals surface area (Å²) in [6.07, 6.45) is 0.959. The van der Waals surface area contributed by atoms with Gasteiger partial charge in [0.05, 0.1) is 19.6 Å². The number of carbonyl (C=O) groups is 4. The summed E-state index contributed by atoms with van der Waals surface area (Å²) in [4.78, 5) is 47.6. The zero-order valence-electron chi connectivity index (χ0n) is 18.2. The Morgan fingerprint density at radius 2 is 1.60 bits per heavy atom. The van der Waals surface area contributed by atoms with Crippen LogP contribution in [0.25, 0.3) is 0 Å². The van der Waals surface area contributed by atoms with E-state index in [1.54, 1.807) is 6.92 Å². The van der Waals surface area contributed by atoms with Gasteiger partial charge in [0, 0.05) is 18.0 Å². The number of hydrogen-bond donors (Lipinski definition) is 4. The maximum absolute atomic E-state index is 12.5. The van der Waals surface area contributed by atoms with Gasteiger partial charge in [0.15, 0.2) is 5.78 Å². The Kier molecular flexibility index (Phi) is 17.9. The summed E-state index contributed by atoms with van der Waals surface area (Å²) < 4.78 is 0. The molecule has 1 rings (SSSR count). The fourth-order valence-electron chi connectivity index (χ4n) is 2.25. The lowest BCUT2D eigenvalue weighted by atomic mass is 10.0. The van der Waals surface area contributed by atoms with Gasteiger partial charge in [-0.1, -0.05) is 58.0 Å². The highest BCUT2D eigenvalue weighted by Gasteiger charge is 2.22. The molecule has 8 nitrogen and oxygen atoms in total. The van der Waals surface area contributed by atoms with Gasteiger partial charge in [-0.2, -0.15) is 0 Å². The molecule has 0 aliphatic heterocycles. The van der Waals surface area contributed by atoms with Crippen LogP contribution in [-0.2, 0) is 25.6 Å². The van der Waals surface area contributed by atoms with E-state index >= 15 is 0 Å². The molecule has 2 atom stereocenters. The lowest BCUT2D eigenvalue weighted by Gasteiger charge is -2.19. The van der Waals surface area contributed by atoms with Crippen LogP contribution in [0.4, 0.5) is 0 Å². The second kappa shape index (κ2) is 17.8. The van der Waals surface area contributed by atoms with Crippen molar-refractivity contribution in [3.05, 3.63) is 35.9 Å². The molecular formula is C21H43IN4O4. The largest absolute Gasteiger partial charge is 0.347 e. The van der Waals surface area contributed by atoms with Crippen LogP contribution < -0.4 is 21.7 Å². The number of nitrogens with one attached hydrogen (secondary N) is 3. The first-order valence-electron chi connectivity index (χ1n) is 9.97. The average Bonchev–Trinajstić information content (AvgIpc) is 2.76. The van der Waals surface area contributed by atoms with E-state index < -0.39 is 23.8 Å². The molecule has 30 heavy (non-hydrogen) atoms. The number of ketones is 1. The number of amides is 3. The molecule has 5 N–H and O–H groups in total. The maximum Gasteiger partial charge on any atom is 0.243 e. The zero-order valence-corrected chi connectivity index (χ0v) is 20.5. The molecule has 0 fully saturated rings. The van der Waals surface area contributed by atoms with Crippen molar-refractivity contribution in [3.63, 3.8) is 0 Å². The van der Waals surface area contributed by atoms with Crippen LogP contribution in [0.15, 0.2) is 30.3 Å². The van der Waals surface area contributed by atoms with Crippen molar-refractivity contribution in [1.82, 2.24) is 16.0 Å². The number of Topliss-reactive ketones (excluding diaryl/α,β-unsaturated/α-hetero) is 1. The Hall–Kier alpha value is -2.01. The molecule has 0 radical (unpaired) electrons. The Morgan fingerprint density at radius 3 is 2.13 bits per heavy atom. The van der Waals surface area contributed by atoms with E-state index in [1.807, 2.05) is 51.1 Å². The molecule has 0 aliphatic rings. The van der Waals surface area contributed by atoms with E-state index in [2.05, 4.69) is 16.0 Å².